The van der Waals surface area contributed by atoms with E-state index < -0.39 is 276 Å². The first-order valence-electron chi connectivity index (χ1n) is 36.3. The van der Waals surface area contributed by atoms with E-state index in [-0.39, 0.29) is 64.0 Å². The van der Waals surface area contributed by atoms with Crippen LogP contribution in [-0.4, -0.2) is 119 Å². The number of fused-ring (bicyclic) bond motifs is 20. The van der Waals surface area contributed by atoms with Crippen molar-refractivity contribution in [3.05, 3.63) is 285 Å². The number of benzene rings is 12. The SMILES string of the molecule is O=C(O)c1ccc(Oc2c(F)c3c(c(F)c2Oc2ccc(C(=O)O)cc2)-c2nc-3nc3[n-]c(nc4nc(nc5[n-]c(n2)c2c(F)c(Oc6ccc(C(=O)O)cc6)c(Oc6ccc(C(=O)O)cc6)c(F)c52)-c2c(F)c(Oc5ccc(C(=O)O)cc5)c(Oc5ccc(C(=O)O)cc5)c(F)c2-4)c2c(F)c(Oc4ccc(C(=O)O)cc4)c(Oc4ccc(C(=O)O)cc4)c(F)c32)cc1.[Zn+2]. The molecule has 2 aliphatic rings. The fraction of sp³-hybridized carbons (Fsp3) is 0. The minimum atomic E-state index is -1.86. The molecule has 0 saturated carbocycles. The molecule has 17 rings (SSSR count). The quantitative estimate of drug-likeness (QED) is 0.0206. The van der Waals surface area contributed by atoms with E-state index in [2.05, 4.69) is 39.9 Å². The van der Waals surface area contributed by atoms with E-state index in [9.17, 15) is 79.2 Å². The summed E-state index contributed by atoms with van der Waals surface area (Å²) >= 11 is 0. The maximum absolute atomic E-state index is 19.1. The van der Waals surface area contributed by atoms with E-state index >= 15 is 35.1 Å². The van der Waals surface area contributed by atoms with Gasteiger partial charge in [0.2, 0.25) is 46.0 Å². The first kappa shape index (κ1) is 84.8. The Morgan fingerprint density at radius 3 is 0.450 bits per heavy atom. The third kappa shape index (κ3) is 15.8. The first-order chi connectivity index (χ1) is 61.3. The van der Waals surface area contributed by atoms with E-state index in [1.165, 1.54) is 0 Å². The van der Waals surface area contributed by atoms with Gasteiger partial charge in [0.25, 0.3) is 0 Å². The molecule has 32 nitrogen and oxygen atoms in total. The van der Waals surface area contributed by atoms with Crippen LogP contribution in [0.2, 0.25) is 0 Å². The molecular formula is C88H40F8N8O24Zn. The van der Waals surface area contributed by atoms with Crippen LogP contribution in [0, 0.1) is 46.5 Å². The first-order valence-corrected chi connectivity index (χ1v) is 36.3. The summed E-state index contributed by atoms with van der Waals surface area (Å²) in [5.41, 5.74) is -13.4. The molecule has 0 unspecified atom stereocenters. The molecule has 0 amide bonds. The Balaban J connectivity index is 0.0000122. The van der Waals surface area contributed by atoms with Crippen molar-refractivity contribution < 1.29 is 172 Å². The van der Waals surface area contributed by atoms with Crippen LogP contribution in [0.15, 0.2) is 194 Å². The Labute approximate surface area is 722 Å². The summed E-state index contributed by atoms with van der Waals surface area (Å²) < 4.78 is 201. The van der Waals surface area contributed by atoms with Crippen molar-refractivity contribution in [2.45, 2.75) is 0 Å². The normalized spacial score (nSPS) is 11.2. The van der Waals surface area contributed by atoms with E-state index in [1.807, 2.05) is 0 Å². The molecule has 5 heterocycles. The number of halogens is 8. The Kier molecular flexibility index (Phi) is 22.0. The zero-order chi connectivity index (χ0) is 90.3. The Morgan fingerprint density at radius 1 is 0.202 bits per heavy atom. The topological polar surface area (TPSA) is 478 Å². The molecule has 3 aromatic heterocycles. The average Bonchev–Trinajstić information content (AvgIpc) is 1.57. The van der Waals surface area contributed by atoms with Gasteiger partial charge in [0.15, 0.2) is 46.5 Å². The van der Waals surface area contributed by atoms with Crippen LogP contribution in [0.4, 0.5) is 35.1 Å². The van der Waals surface area contributed by atoms with Gasteiger partial charge >= 0.3 is 67.2 Å². The second-order valence-electron chi connectivity index (χ2n) is 27.1. The summed E-state index contributed by atoms with van der Waals surface area (Å²) in [6.45, 7) is 0. The maximum atomic E-state index is 19.1. The molecule has 0 atom stereocenters. The summed E-state index contributed by atoms with van der Waals surface area (Å²) in [6.07, 6.45) is 0. The van der Waals surface area contributed by atoms with Gasteiger partial charge in [0.1, 0.15) is 46.0 Å². The molecule has 8 N–H and O–H groups in total. The summed E-state index contributed by atoms with van der Waals surface area (Å²) in [6, 6.07) is 30.7. The second kappa shape index (κ2) is 33.5. The predicted molar refractivity (Wildman–Crippen MR) is 421 cm³/mol. The number of rotatable bonds is 24. The number of ether oxygens (including phenoxy) is 8. The van der Waals surface area contributed by atoms with Crippen LogP contribution >= 0.6 is 0 Å². The van der Waals surface area contributed by atoms with Crippen LogP contribution in [0.5, 0.6) is 92.0 Å². The van der Waals surface area contributed by atoms with E-state index in [1.54, 1.807) is 0 Å². The summed E-state index contributed by atoms with van der Waals surface area (Å²) in [5, 5.41) is 73.6. The molecule has 15 aromatic rings. The molecule has 0 radical (unpaired) electrons. The Hall–Kier alpha value is -17.8. The van der Waals surface area contributed by atoms with Crippen molar-refractivity contribution in [3.8, 4) is 138 Å². The van der Waals surface area contributed by atoms with Gasteiger partial charge in [-0.3, -0.25) is 0 Å². The molecule has 8 bridgehead atoms. The maximum Gasteiger partial charge on any atom is 2.00 e. The third-order valence-corrected chi connectivity index (χ3v) is 19.2. The predicted octanol–water partition coefficient (Wildman–Crippen LogP) is 19.2. The smallest absolute Gasteiger partial charge is 0.478 e. The number of aromatic carboxylic acids is 8. The number of carbonyl (C=O) groups is 8. The second-order valence-corrected chi connectivity index (χ2v) is 27.1. The van der Waals surface area contributed by atoms with Crippen molar-refractivity contribution in [1.82, 2.24) is 39.9 Å². The number of carboxylic acid groups (broad SMARTS) is 8. The molecule has 41 heteroatoms. The van der Waals surface area contributed by atoms with Crippen LogP contribution in [0.25, 0.3) is 89.7 Å². The monoisotopic (exact) mass is 1810 g/mol. The zero-order valence-electron chi connectivity index (χ0n) is 63.9. The molecule has 0 fully saturated rings. The number of aromatic nitrogens is 8. The number of hydrogen-bond donors (Lipinski definition) is 8. The number of hydrogen-bond acceptors (Lipinski definition) is 22. The fourth-order valence-electron chi connectivity index (χ4n) is 13.2. The third-order valence-electron chi connectivity index (χ3n) is 19.2. The van der Waals surface area contributed by atoms with Crippen molar-refractivity contribution in [2.24, 2.45) is 0 Å². The van der Waals surface area contributed by atoms with Crippen molar-refractivity contribution in [1.29, 1.82) is 0 Å². The largest absolute Gasteiger partial charge is 2.00 e. The molecule has 12 aromatic carbocycles. The van der Waals surface area contributed by atoms with Crippen LogP contribution in [-0.2, 0) is 19.5 Å². The Bertz CT molecular complexity index is 6660. The minimum absolute atomic E-state index is 0. The van der Waals surface area contributed by atoms with Gasteiger partial charge in [-0.2, -0.15) is 0 Å². The molecule has 0 saturated heterocycles. The van der Waals surface area contributed by atoms with Crippen LogP contribution in [0.3, 0.4) is 0 Å². The average molecular weight is 1810 g/mol. The van der Waals surface area contributed by atoms with E-state index in [0.717, 1.165) is 194 Å². The van der Waals surface area contributed by atoms with Gasteiger partial charge in [-0.15, -0.1) is 0 Å². The van der Waals surface area contributed by atoms with E-state index in [4.69, 9.17) is 37.9 Å². The molecule has 634 valence electrons. The van der Waals surface area contributed by atoms with Gasteiger partial charge < -0.3 is 109 Å². The molecule has 0 aliphatic carbocycles. The van der Waals surface area contributed by atoms with Gasteiger partial charge in [0, 0.05) is 44.1 Å². The van der Waals surface area contributed by atoms with Gasteiger partial charge in [-0.05, 0) is 194 Å². The molecule has 129 heavy (non-hydrogen) atoms. The van der Waals surface area contributed by atoms with Crippen molar-refractivity contribution >= 4 is 91.9 Å². The summed E-state index contributed by atoms with van der Waals surface area (Å²) in [5.74, 6) is -46.6. The van der Waals surface area contributed by atoms with Gasteiger partial charge in [0.05, 0.1) is 90.1 Å². The number of carboxylic acids is 8. The van der Waals surface area contributed by atoms with Crippen molar-refractivity contribution in [2.75, 3.05) is 0 Å². The summed E-state index contributed by atoms with van der Waals surface area (Å²) in [4.78, 5) is 132. The molecular weight excluding hydrogens is 1770 g/mol. The van der Waals surface area contributed by atoms with Crippen LogP contribution < -0.4 is 47.9 Å². The van der Waals surface area contributed by atoms with Crippen LogP contribution in [0.1, 0.15) is 82.9 Å². The standard InChI is InChI=1S/C88H42F8N8O24.Zn/c89-57-49-50(58(90)66(122-42-19-3-34(4-20-42)82(107)108)65(57)121-41-17-1-33(2-18-41)81(105)106)74-97-73(49)101-75-51-52(60(92)68(124-44-23-7-36(8-24-44)84(111)112)67(59(51)91)123-43-21-5-35(6-22-43)83(109)110)77(98-75)103-79-55-56(64(96)72(128-48-31-15-40(16-32-48)88(119)120)71(63(55)95)127-47-29-13-39(14-30-47)87(117)118)80(100-79)104-78-54-53(76(99-78)102-74)61(93)69(125-45-25-9-37(10-26-45)85(113)114)70(62(54)94)126-46-27-11-38(12-28-46)86(115)116;/h1-32H,(H10,97,98,99,100,101,102,103,104,105,106,107,108,109,110,111,112,113,114,115,116,117,118,119,120);/q;+2/p-2. The minimum Gasteiger partial charge on any atom is -0.478 e. The fourth-order valence-corrected chi connectivity index (χ4v) is 13.2. The summed E-state index contributed by atoms with van der Waals surface area (Å²) in [7, 11) is 0. The van der Waals surface area contributed by atoms with E-state index in [0.29, 0.717) is 0 Å². The molecule has 2 aliphatic heterocycles. The number of nitrogens with zero attached hydrogens (tertiary/aromatic N) is 8. The van der Waals surface area contributed by atoms with Gasteiger partial charge in [-0.25, -0.2) is 83.4 Å². The molecule has 0 spiro atoms. The zero-order valence-corrected chi connectivity index (χ0v) is 66.9. The van der Waals surface area contributed by atoms with Gasteiger partial charge in [-0.1, -0.05) is 0 Å². The Morgan fingerprint density at radius 2 is 0.326 bits per heavy atom. The van der Waals surface area contributed by atoms with Crippen molar-refractivity contribution in [3.63, 3.8) is 0 Å².